The molecule has 0 aromatic heterocycles. The molecule has 1 N–H and O–H groups in total. The fourth-order valence-electron chi connectivity index (χ4n) is 3.91. The molecule has 2 aliphatic rings. The predicted molar refractivity (Wildman–Crippen MR) is 108 cm³/mol. The van der Waals surface area contributed by atoms with E-state index in [-0.39, 0.29) is 17.6 Å². The van der Waals surface area contributed by atoms with Gasteiger partial charge in [0, 0.05) is 19.6 Å². The quantitative estimate of drug-likeness (QED) is 0.727. The molecule has 0 radical (unpaired) electrons. The molecule has 1 amide bonds. The maximum Gasteiger partial charge on any atom is 0.224 e. The van der Waals surface area contributed by atoms with E-state index in [9.17, 15) is 13.2 Å². The van der Waals surface area contributed by atoms with Crippen LogP contribution >= 0.6 is 0 Å². The first-order chi connectivity index (χ1) is 13.0. The van der Waals surface area contributed by atoms with Gasteiger partial charge in [-0.1, -0.05) is 42.0 Å². The number of rotatable bonds is 7. The van der Waals surface area contributed by atoms with Crippen molar-refractivity contribution in [2.75, 3.05) is 19.6 Å². The second-order valence-corrected chi connectivity index (χ2v) is 9.56. The molecule has 1 atom stereocenters. The number of carbonyl (C=O) groups is 1. The van der Waals surface area contributed by atoms with E-state index in [0.717, 1.165) is 37.7 Å². The molecule has 1 aliphatic carbocycles. The summed E-state index contributed by atoms with van der Waals surface area (Å²) in [6.45, 7) is 1.45. The number of benzene rings is 1. The third-order valence-corrected chi connectivity index (χ3v) is 7.29. The Morgan fingerprint density at radius 3 is 2.70 bits per heavy atom. The Bertz CT molecular complexity index is 759. The summed E-state index contributed by atoms with van der Waals surface area (Å²) in [6, 6.07) is 9.22. The molecule has 1 saturated heterocycles. The van der Waals surface area contributed by atoms with E-state index in [2.05, 4.69) is 11.4 Å². The molecule has 0 saturated carbocycles. The highest BCUT2D eigenvalue weighted by Gasteiger charge is 2.32. The number of hydrogen-bond acceptors (Lipinski definition) is 3. The van der Waals surface area contributed by atoms with Crippen LogP contribution in [-0.4, -0.2) is 38.3 Å². The molecule has 148 valence electrons. The highest BCUT2D eigenvalue weighted by molar-refractivity contribution is 7.88. The molecule has 3 rings (SSSR count). The maximum atomic E-state index is 12.7. The number of hydrogen-bond donors (Lipinski definition) is 1. The van der Waals surface area contributed by atoms with Gasteiger partial charge in [0.2, 0.25) is 15.9 Å². The minimum absolute atomic E-state index is 0.00364. The van der Waals surface area contributed by atoms with E-state index in [4.69, 9.17) is 0 Å². The fraction of sp³-hybridized carbons (Fsp3) is 0.571. The first-order valence-electron chi connectivity index (χ1n) is 10.0. The van der Waals surface area contributed by atoms with Gasteiger partial charge in [-0.3, -0.25) is 4.79 Å². The molecular weight excluding hydrogens is 360 g/mol. The Morgan fingerprint density at radius 2 is 1.96 bits per heavy atom. The van der Waals surface area contributed by atoms with Gasteiger partial charge in [-0.15, -0.1) is 0 Å². The molecular formula is C21H30N2O3S. The Morgan fingerprint density at radius 1 is 1.15 bits per heavy atom. The first-order valence-corrected chi connectivity index (χ1v) is 11.6. The summed E-state index contributed by atoms with van der Waals surface area (Å²) in [7, 11) is -3.40. The summed E-state index contributed by atoms with van der Waals surface area (Å²) >= 11 is 0. The van der Waals surface area contributed by atoms with Gasteiger partial charge in [0.25, 0.3) is 0 Å². The number of piperidine rings is 1. The number of nitrogens with zero attached hydrogens (tertiary/aromatic N) is 1. The van der Waals surface area contributed by atoms with Gasteiger partial charge in [-0.2, -0.15) is 0 Å². The second-order valence-electron chi connectivity index (χ2n) is 7.59. The Labute approximate surface area is 162 Å². The van der Waals surface area contributed by atoms with Crippen LogP contribution in [0.5, 0.6) is 0 Å². The van der Waals surface area contributed by atoms with Crippen molar-refractivity contribution in [2.24, 2.45) is 5.92 Å². The minimum atomic E-state index is -3.40. The van der Waals surface area contributed by atoms with E-state index in [1.54, 1.807) is 0 Å². The molecule has 1 heterocycles. The number of carbonyl (C=O) groups excluding carboxylic acids is 1. The lowest BCUT2D eigenvalue weighted by Crippen LogP contribution is -2.45. The van der Waals surface area contributed by atoms with Crippen molar-refractivity contribution in [3.63, 3.8) is 0 Å². The summed E-state index contributed by atoms with van der Waals surface area (Å²) < 4.78 is 27.0. The van der Waals surface area contributed by atoms with E-state index in [1.807, 2.05) is 30.3 Å². The average Bonchev–Trinajstić information content (AvgIpc) is 2.69. The van der Waals surface area contributed by atoms with E-state index in [1.165, 1.54) is 22.7 Å². The monoisotopic (exact) mass is 390 g/mol. The van der Waals surface area contributed by atoms with Crippen LogP contribution in [0.25, 0.3) is 0 Å². The van der Waals surface area contributed by atoms with Gasteiger partial charge >= 0.3 is 0 Å². The number of amides is 1. The lowest BCUT2D eigenvalue weighted by atomic mass is 9.96. The van der Waals surface area contributed by atoms with Gasteiger partial charge in [0.1, 0.15) is 0 Å². The van der Waals surface area contributed by atoms with Crippen LogP contribution in [0.2, 0.25) is 0 Å². The largest absolute Gasteiger partial charge is 0.356 e. The third-order valence-electron chi connectivity index (χ3n) is 5.47. The third kappa shape index (κ3) is 5.91. The zero-order valence-corrected chi connectivity index (χ0v) is 16.7. The zero-order valence-electron chi connectivity index (χ0n) is 15.9. The van der Waals surface area contributed by atoms with Crippen molar-refractivity contribution >= 4 is 15.9 Å². The van der Waals surface area contributed by atoms with Crippen LogP contribution in [0.3, 0.4) is 0 Å². The van der Waals surface area contributed by atoms with Gasteiger partial charge in [-0.05, 0) is 50.5 Å². The molecule has 1 aromatic carbocycles. The first kappa shape index (κ1) is 20.1. The van der Waals surface area contributed by atoms with Crippen LogP contribution < -0.4 is 5.32 Å². The summed E-state index contributed by atoms with van der Waals surface area (Å²) in [5.74, 6) is -0.258. The summed E-state index contributed by atoms with van der Waals surface area (Å²) in [5.41, 5.74) is 2.22. The molecule has 1 fully saturated rings. The average molecular weight is 391 g/mol. The number of sulfonamides is 1. The smallest absolute Gasteiger partial charge is 0.224 e. The molecule has 1 aromatic rings. The van der Waals surface area contributed by atoms with Gasteiger partial charge in [0.15, 0.2) is 0 Å². The second kappa shape index (κ2) is 9.51. The van der Waals surface area contributed by atoms with Crippen molar-refractivity contribution in [2.45, 2.75) is 50.7 Å². The Hall–Kier alpha value is -1.66. The fourth-order valence-corrected chi connectivity index (χ4v) is 5.52. The van der Waals surface area contributed by atoms with E-state index < -0.39 is 10.0 Å². The van der Waals surface area contributed by atoms with Crippen LogP contribution in [0.4, 0.5) is 0 Å². The molecule has 6 heteroatoms. The molecule has 1 unspecified atom stereocenters. The van der Waals surface area contributed by atoms with Crippen molar-refractivity contribution < 1.29 is 13.2 Å². The summed E-state index contributed by atoms with van der Waals surface area (Å²) in [6.07, 6.45) is 9.51. The summed E-state index contributed by atoms with van der Waals surface area (Å²) in [5, 5.41) is 3.02. The number of allylic oxidation sites excluding steroid dienone is 1. The number of nitrogens with one attached hydrogen (secondary N) is 1. The van der Waals surface area contributed by atoms with Crippen molar-refractivity contribution in [1.29, 1.82) is 0 Å². The standard InChI is InChI=1S/C21H30N2O3S/c24-21(22-14-13-18-8-3-1-4-9-18)20-12-7-15-23(16-20)27(25,26)17-19-10-5-2-6-11-19/h2,5-6,8,10-11,20H,1,3-4,7,9,12-17H2,(H,22,24). The zero-order chi connectivity index (χ0) is 19.1. The highest BCUT2D eigenvalue weighted by Crippen LogP contribution is 2.22. The van der Waals surface area contributed by atoms with Crippen LogP contribution in [-0.2, 0) is 20.6 Å². The van der Waals surface area contributed by atoms with E-state index >= 15 is 0 Å². The van der Waals surface area contributed by atoms with Crippen LogP contribution in [0.15, 0.2) is 42.0 Å². The highest BCUT2D eigenvalue weighted by atomic mass is 32.2. The van der Waals surface area contributed by atoms with Crippen LogP contribution in [0, 0.1) is 5.92 Å². The maximum absolute atomic E-state index is 12.7. The molecule has 0 spiro atoms. The lowest BCUT2D eigenvalue weighted by Gasteiger charge is -2.31. The molecule has 0 bridgehead atoms. The molecule has 27 heavy (non-hydrogen) atoms. The SMILES string of the molecule is O=C(NCCC1=CCCCC1)C1CCCN(S(=O)(=O)Cc2ccccc2)C1. The van der Waals surface area contributed by atoms with E-state index in [0.29, 0.717) is 19.6 Å². The van der Waals surface area contributed by atoms with Crippen molar-refractivity contribution in [1.82, 2.24) is 9.62 Å². The molecule has 5 nitrogen and oxygen atoms in total. The summed E-state index contributed by atoms with van der Waals surface area (Å²) in [4.78, 5) is 12.5. The normalized spacial score (nSPS) is 21.5. The van der Waals surface area contributed by atoms with Crippen LogP contribution in [0.1, 0.15) is 50.5 Å². The Balaban J connectivity index is 1.50. The predicted octanol–water partition coefficient (Wildman–Crippen LogP) is 3.24. The minimum Gasteiger partial charge on any atom is -0.356 e. The van der Waals surface area contributed by atoms with Gasteiger partial charge in [-0.25, -0.2) is 12.7 Å². The lowest BCUT2D eigenvalue weighted by molar-refractivity contribution is -0.126. The molecule has 1 aliphatic heterocycles. The van der Waals surface area contributed by atoms with Crippen molar-refractivity contribution in [3.8, 4) is 0 Å². The van der Waals surface area contributed by atoms with Gasteiger partial charge < -0.3 is 5.32 Å². The Kier molecular flexibility index (Phi) is 7.07. The van der Waals surface area contributed by atoms with Gasteiger partial charge in [0.05, 0.1) is 11.7 Å². The topological polar surface area (TPSA) is 66.5 Å². The van der Waals surface area contributed by atoms with Crippen molar-refractivity contribution in [3.05, 3.63) is 47.5 Å².